The van der Waals surface area contributed by atoms with E-state index >= 15 is 0 Å². The van der Waals surface area contributed by atoms with Crippen molar-refractivity contribution in [2.75, 3.05) is 6.61 Å². The summed E-state index contributed by atoms with van der Waals surface area (Å²) < 4.78 is 4.89. The van der Waals surface area contributed by atoms with Gasteiger partial charge in [-0.25, -0.2) is 0 Å². The summed E-state index contributed by atoms with van der Waals surface area (Å²) in [5.74, 6) is -0.253. The Kier molecular flexibility index (Phi) is 18.3. The van der Waals surface area contributed by atoms with Gasteiger partial charge in [-0.05, 0) is 58.3 Å². The van der Waals surface area contributed by atoms with E-state index < -0.39 is 5.97 Å². The van der Waals surface area contributed by atoms with E-state index in [9.17, 15) is 9.59 Å². The second kappa shape index (κ2) is 17.8. The summed E-state index contributed by atoms with van der Waals surface area (Å²) in [6, 6.07) is 0. The Morgan fingerprint density at radius 3 is 2.25 bits per heavy atom. The summed E-state index contributed by atoms with van der Waals surface area (Å²) in [7, 11) is 0. The van der Waals surface area contributed by atoms with Crippen LogP contribution >= 0.6 is 0 Å². The van der Waals surface area contributed by atoms with Crippen LogP contribution in [-0.2, 0) is 14.3 Å². The van der Waals surface area contributed by atoms with Gasteiger partial charge in [0.1, 0.15) is 0 Å². The van der Waals surface area contributed by atoms with E-state index in [2.05, 4.69) is 39.8 Å². The largest absolute Gasteiger partial charge is 0.481 e. The molecule has 0 aromatic heterocycles. The molecule has 0 radical (unpaired) electrons. The summed E-state index contributed by atoms with van der Waals surface area (Å²) in [5, 5.41) is 8.25. The van der Waals surface area contributed by atoms with Crippen LogP contribution in [0.1, 0.15) is 79.6 Å². The molecule has 0 saturated carbocycles. The van der Waals surface area contributed by atoms with Gasteiger partial charge in [0.15, 0.2) is 0 Å². The third-order valence-electron chi connectivity index (χ3n) is 3.29. The smallest absolute Gasteiger partial charge is 0.303 e. The molecule has 0 heterocycles. The number of carboxylic acid groups (broad SMARTS) is 1. The van der Waals surface area contributed by atoms with Gasteiger partial charge >= 0.3 is 11.9 Å². The number of carboxylic acids is 1. The van der Waals surface area contributed by atoms with Crippen LogP contribution in [0.3, 0.4) is 0 Å². The van der Waals surface area contributed by atoms with Crippen molar-refractivity contribution in [1.29, 1.82) is 0 Å². The highest BCUT2D eigenvalue weighted by Gasteiger charge is 2.02. The monoisotopic (exact) mass is 340 g/mol. The van der Waals surface area contributed by atoms with E-state index in [1.54, 1.807) is 0 Å². The minimum Gasteiger partial charge on any atom is -0.481 e. The number of hydrogen-bond acceptors (Lipinski definition) is 3. The van der Waals surface area contributed by atoms with Crippen molar-refractivity contribution in [3.63, 3.8) is 0 Å². The van der Waals surface area contributed by atoms with Crippen LogP contribution in [-0.4, -0.2) is 23.7 Å². The van der Waals surface area contributed by atoms with Gasteiger partial charge in [-0.1, -0.05) is 37.6 Å². The van der Waals surface area contributed by atoms with Gasteiger partial charge in [0.05, 0.1) is 6.61 Å². The Balaban J connectivity index is 0. The number of aliphatic carboxylic acids is 1. The normalized spacial score (nSPS) is 11.4. The average Bonchev–Trinajstić information content (AvgIpc) is 2.46. The molecule has 0 aliphatic heterocycles. The van der Waals surface area contributed by atoms with E-state index in [0.717, 1.165) is 32.1 Å². The lowest BCUT2D eigenvalue weighted by Gasteiger charge is -2.09. The van der Waals surface area contributed by atoms with Gasteiger partial charge in [0.2, 0.25) is 0 Å². The van der Waals surface area contributed by atoms with Crippen LogP contribution in [0, 0.1) is 5.92 Å². The third kappa shape index (κ3) is 25.4. The van der Waals surface area contributed by atoms with Crippen LogP contribution in [0.25, 0.3) is 0 Å². The number of carbonyl (C=O) groups excluding carboxylic acids is 1. The van der Waals surface area contributed by atoms with Crippen molar-refractivity contribution < 1.29 is 19.4 Å². The summed E-state index contributed by atoms with van der Waals surface area (Å²) in [6.45, 7) is 10.5. The lowest BCUT2D eigenvalue weighted by atomic mass is 10.0. The van der Waals surface area contributed by atoms with Gasteiger partial charge in [0, 0.05) is 13.3 Å². The molecule has 1 unspecified atom stereocenters. The van der Waals surface area contributed by atoms with Gasteiger partial charge in [-0.2, -0.15) is 0 Å². The van der Waals surface area contributed by atoms with E-state index in [1.165, 1.54) is 18.9 Å². The number of rotatable bonds is 11. The topological polar surface area (TPSA) is 63.6 Å². The van der Waals surface area contributed by atoms with Crippen LogP contribution in [0.4, 0.5) is 0 Å². The highest BCUT2D eigenvalue weighted by atomic mass is 16.5. The van der Waals surface area contributed by atoms with Gasteiger partial charge < -0.3 is 9.84 Å². The third-order valence-corrected chi connectivity index (χ3v) is 3.29. The van der Waals surface area contributed by atoms with Crippen molar-refractivity contribution in [2.24, 2.45) is 5.92 Å². The number of carbonyl (C=O) groups is 2. The van der Waals surface area contributed by atoms with Crippen LogP contribution in [0.5, 0.6) is 0 Å². The highest BCUT2D eigenvalue weighted by molar-refractivity contribution is 5.66. The fourth-order valence-corrected chi connectivity index (χ4v) is 1.86. The molecule has 140 valence electrons. The molecule has 1 N–H and O–H groups in total. The Morgan fingerprint density at radius 2 is 1.75 bits per heavy atom. The maximum absolute atomic E-state index is 10.5. The predicted octanol–water partition coefficient (Wildman–Crippen LogP) is 5.53. The molecule has 0 spiro atoms. The molecule has 24 heavy (non-hydrogen) atoms. The summed E-state index contributed by atoms with van der Waals surface area (Å²) in [5.41, 5.74) is 1.37. The summed E-state index contributed by atoms with van der Waals surface area (Å²) in [4.78, 5) is 20.5. The second-order valence-corrected chi connectivity index (χ2v) is 6.26. The molecule has 1 atom stereocenters. The maximum Gasteiger partial charge on any atom is 0.303 e. The zero-order valence-electron chi connectivity index (χ0n) is 16.1. The Morgan fingerprint density at radius 1 is 1.08 bits per heavy atom. The molecule has 0 bridgehead atoms. The molecule has 4 nitrogen and oxygen atoms in total. The highest BCUT2D eigenvalue weighted by Crippen LogP contribution is 2.11. The minimum atomic E-state index is -0.704. The van der Waals surface area contributed by atoms with Gasteiger partial charge in [0.25, 0.3) is 0 Å². The lowest BCUT2D eigenvalue weighted by molar-refractivity contribution is -0.141. The first kappa shape index (κ1) is 24.7. The fourth-order valence-electron chi connectivity index (χ4n) is 1.86. The number of esters is 1. The second-order valence-electron chi connectivity index (χ2n) is 6.26. The molecule has 0 aromatic carbocycles. The van der Waals surface area contributed by atoms with Crippen molar-refractivity contribution in [1.82, 2.24) is 0 Å². The molecule has 0 amide bonds. The minimum absolute atomic E-state index is 0.179. The number of unbranched alkanes of at least 4 members (excludes halogenated alkanes) is 1. The Hall–Kier alpha value is -1.58. The van der Waals surface area contributed by atoms with Crippen molar-refractivity contribution >= 4 is 11.9 Å². The van der Waals surface area contributed by atoms with E-state index in [4.69, 9.17) is 9.84 Å². The summed E-state index contributed by atoms with van der Waals surface area (Å²) in [6.07, 6.45) is 12.6. The molecular weight excluding hydrogens is 304 g/mol. The molecule has 0 aliphatic carbocycles. The van der Waals surface area contributed by atoms with Crippen molar-refractivity contribution in [2.45, 2.75) is 79.6 Å². The van der Waals surface area contributed by atoms with Crippen molar-refractivity contribution in [3.8, 4) is 0 Å². The van der Waals surface area contributed by atoms with E-state index in [0.29, 0.717) is 12.5 Å². The molecule has 0 saturated heterocycles. The molecule has 4 heteroatoms. The summed E-state index contributed by atoms with van der Waals surface area (Å²) >= 11 is 0. The van der Waals surface area contributed by atoms with E-state index in [-0.39, 0.29) is 12.4 Å². The standard InChI is InChI=1S/C12H22O2.C8H14O2/c1-10(2)6-5-7-11(3)8-9-14-12(4)13;1-2-3-4-5-6-7-8(9)10/h6,11H,5,7-9H2,1-4H3;3-4H,2,5-7H2,1H3,(H,9,10). The first-order valence-corrected chi connectivity index (χ1v) is 8.93. The molecule has 0 aromatic rings. The SMILES string of the molecule is CC(=O)OCCC(C)CCC=C(C)C.CCC=CCCCC(=O)O. The number of ether oxygens (including phenoxy) is 1. The number of allylic oxidation sites excluding steroid dienone is 4. The zero-order chi connectivity index (χ0) is 18.8. The number of hydrogen-bond donors (Lipinski definition) is 1. The molecule has 0 fully saturated rings. The first-order valence-electron chi connectivity index (χ1n) is 8.93. The molecule has 0 rings (SSSR count). The van der Waals surface area contributed by atoms with E-state index in [1.807, 2.05) is 6.08 Å². The van der Waals surface area contributed by atoms with Crippen LogP contribution < -0.4 is 0 Å². The first-order chi connectivity index (χ1) is 11.3. The average molecular weight is 341 g/mol. The van der Waals surface area contributed by atoms with Gasteiger partial charge in [-0.15, -0.1) is 0 Å². The Bertz CT molecular complexity index is 379. The fraction of sp³-hybridized carbons (Fsp3) is 0.700. The van der Waals surface area contributed by atoms with Crippen molar-refractivity contribution in [3.05, 3.63) is 23.8 Å². The lowest BCUT2D eigenvalue weighted by Crippen LogP contribution is -2.05. The zero-order valence-corrected chi connectivity index (χ0v) is 16.1. The molecular formula is C20H36O4. The Labute approximate surface area is 148 Å². The van der Waals surface area contributed by atoms with Gasteiger partial charge in [-0.3, -0.25) is 9.59 Å². The quantitative estimate of drug-likeness (QED) is 0.305. The predicted molar refractivity (Wildman–Crippen MR) is 100.0 cm³/mol. The molecule has 0 aliphatic rings. The van der Waals surface area contributed by atoms with Crippen LogP contribution in [0.15, 0.2) is 23.8 Å². The van der Waals surface area contributed by atoms with Crippen LogP contribution in [0.2, 0.25) is 0 Å². The maximum atomic E-state index is 10.5.